The zero-order chi connectivity index (χ0) is 23.1. The second-order valence-corrected chi connectivity index (χ2v) is 10.6. The van der Waals surface area contributed by atoms with E-state index in [1.807, 2.05) is 32.9 Å². The van der Waals surface area contributed by atoms with Gasteiger partial charge in [0.15, 0.2) is 0 Å². The highest BCUT2D eigenvalue weighted by molar-refractivity contribution is 7.89. The Morgan fingerprint density at radius 2 is 1.62 bits per heavy atom. The van der Waals surface area contributed by atoms with Gasteiger partial charge in [0.2, 0.25) is 15.9 Å². The number of ether oxygens (including phenoxy) is 1. The number of hydrogen-bond acceptors (Lipinski definition) is 4. The van der Waals surface area contributed by atoms with Crippen molar-refractivity contribution in [2.75, 3.05) is 26.2 Å². The van der Waals surface area contributed by atoms with Crippen LogP contribution in [0.5, 0.6) is 0 Å². The molecule has 32 heavy (non-hydrogen) atoms. The van der Waals surface area contributed by atoms with Crippen LogP contribution in [-0.4, -0.2) is 55.5 Å². The van der Waals surface area contributed by atoms with E-state index in [0.717, 1.165) is 22.3 Å². The number of halogens is 1. The Kier molecular flexibility index (Phi) is 6.13. The van der Waals surface area contributed by atoms with Crippen LogP contribution >= 0.6 is 0 Å². The average molecular weight is 461 g/mol. The molecule has 0 N–H and O–H groups in total. The molecule has 2 fully saturated rings. The lowest BCUT2D eigenvalue weighted by Crippen LogP contribution is -2.56. The summed E-state index contributed by atoms with van der Waals surface area (Å²) in [4.78, 5) is 14.8. The third kappa shape index (κ3) is 4.19. The lowest BCUT2D eigenvalue weighted by Gasteiger charge is -2.43. The summed E-state index contributed by atoms with van der Waals surface area (Å²) in [5, 5.41) is 0. The Bertz CT molecular complexity index is 1100. The van der Waals surface area contributed by atoms with Gasteiger partial charge in [-0.15, -0.1) is 0 Å². The predicted molar refractivity (Wildman–Crippen MR) is 119 cm³/mol. The van der Waals surface area contributed by atoms with Gasteiger partial charge in [0.1, 0.15) is 11.5 Å². The Balaban J connectivity index is 1.50. The van der Waals surface area contributed by atoms with Crippen molar-refractivity contribution in [3.8, 4) is 0 Å². The molecule has 8 heteroatoms. The fraction of sp³-hybridized carbons (Fsp3) is 0.458. The maximum atomic E-state index is 13.7. The summed E-state index contributed by atoms with van der Waals surface area (Å²) in [5.74, 6) is -0.385. The number of carbonyl (C=O) groups is 1. The fourth-order valence-corrected chi connectivity index (χ4v) is 7.15. The van der Waals surface area contributed by atoms with E-state index in [-0.39, 0.29) is 18.1 Å². The van der Waals surface area contributed by atoms with Crippen LogP contribution in [0.4, 0.5) is 4.39 Å². The molecule has 0 radical (unpaired) electrons. The molecule has 0 bridgehead atoms. The molecule has 0 saturated carbocycles. The minimum Gasteiger partial charge on any atom is -0.358 e. The van der Waals surface area contributed by atoms with Crippen LogP contribution in [0.25, 0.3) is 0 Å². The van der Waals surface area contributed by atoms with E-state index in [1.54, 1.807) is 17.0 Å². The maximum Gasteiger partial charge on any atom is 0.246 e. The minimum atomic E-state index is -3.75. The number of piperidine rings is 1. The summed E-state index contributed by atoms with van der Waals surface area (Å²) >= 11 is 0. The number of amides is 1. The van der Waals surface area contributed by atoms with Gasteiger partial charge in [-0.2, -0.15) is 4.31 Å². The smallest absolute Gasteiger partial charge is 0.246 e. The van der Waals surface area contributed by atoms with Crippen LogP contribution in [0.15, 0.2) is 41.3 Å². The molecule has 4 rings (SSSR count). The van der Waals surface area contributed by atoms with Gasteiger partial charge < -0.3 is 9.64 Å². The number of carbonyl (C=O) groups excluding carboxylic acids is 1. The molecule has 172 valence electrons. The first-order valence-corrected chi connectivity index (χ1v) is 12.3. The van der Waals surface area contributed by atoms with Crippen LogP contribution in [0.3, 0.4) is 0 Å². The second kappa shape index (κ2) is 8.57. The summed E-state index contributed by atoms with van der Waals surface area (Å²) in [6.07, 6.45) is 1.04. The molecule has 1 spiro atoms. The lowest BCUT2D eigenvalue weighted by molar-refractivity contribution is -0.139. The highest BCUT2D eigenvalue weighted by atomic mass is 32.2. The van der Waals surface area contributed by atoms with E-state index >= 15 is 0 Å². The maximum absolute atomic E-state index is 13.7. The molecule has 2 aliphatic heterocycles. The SMILES string of the molecule is Cc1cc(C)c(S(=O)(=O)N2CCOC23CCN(C(=O)Cc2ccc(F)cc2)CC3)c(C)c1. The third-order valence-corrected chi connectivity index (χ3v) is 8.69. The van der Waals surface area contributed by atoms with Crippen LogP contribution < -0.4 is 0 Å². The van der Waals surface area contributed by atoms with Crippen LogP contribution in [0.1, 0.15) is 35.1 Å². The first-order valence-electron chi connectivity index (χ1n) is 10.9. The molecule has 0 unspecified atom stereocenters. The summed E-state index contributed by atoms with van der Waals surface area (Å²) in [6.45, 7) is 7.08. The van der Waals surface area contributed by atoms with Crippen molar-refractivity contribution in [1.29, 1.82) is 0 Å². The molecule has 0 aromatic heterocycles. The van der Waals surface area contributed by atoms with Crippen molar-refractivity contribution in [2.24, 2.45) is 0 Å². The molecular formula is C24H29FN2O4S. The van der Waals surface area contributed by atoms with Gasteiger partial charge in [0.05, 0.1) is 17.9 Å². The highest BCUT2D eigenvalue weighted by Gasteiger charge is 2.51. The molecular weight excluding hydrogens is 431 g/mol. The molecule has 2 aromatic carbocycles. The van der Waals surface area contributed by atoms with E-state index in [1.165, 1.54) is 16.4 Å². The number of sulfonamides is 1. The third-order valence-electron chi connectivity index (χ3n) is 6.44. The summed E-state index contributed by atoms with van der Waals surface area (Å²) in [5.41, 5.74) is 2.32. The number of nitrogens with zero attached hydrogens (tertiary/aromatic N) is 2. The van der Waals surface area contributed by atoms with Crippen molar-refractivity contribution in [1.82, 2.24) is 9.21 Å². The molecule has 2 aromatic rings. The van der Waals surface area contributed by atoms with Crippen LogP contribution in [-0.2, 0) is 26.0 Å². The molecule has 0 aliphatic carbocycles. The van der Waals surface area contributed by atoms with E-state index in [2.05, 4.69) is 0 Å². The normalized spacial score (nSPS) is 18.9. The minimum absolute atomic E-state index is 0.0518. The fourth-order valence-electron chi connectivity index (χ4n) is 5.01. The summed E-state index contributed by atoms with van der Waals surface area (Å²) in [6, 6.07) is 9.69. The number of aryl methyl sites for hydroxylation is 3. The second-order valence-electron chi connectivity index (χ2n) is 8.78. The molecule has 0 atom stereocenters. The first kappa shape index (κ1) is 22.9. The quantitative estimate of drug-likeness (QED) is 0.702. The zero-order valence-electron chi connectivity index (χ0n) is 18.7. The van der Waals surface area contributed by atoms with Gasteiger partial charge in [-0.05, 0) is 49.6 Å². The standard InChI is InChI=1S/C24H29FN2O4S/c1-17-14-18(2)23(19(3)15-17)32(29,30)27-12-13-31-24(27)8-10-26(11-9-24)22(28)16-20-4-6-21(25)7-5-20/h4-7,14-15H,8-13,16H2,1-3H3. The molecule has 2 heterocycles. The highest BCUT2D eigenvalue weighted by Crippen LogP contribution is 2.39. The van der Waals surface area contributed by atoms with E-state index < -0.39 is 15.7 Å². The average Bonchev–Trinajstić information content (AvgIpc) is 3.13. The topological polar surface area (TPSA) is 66.9 Å². The van der Waals surface area contributed by atoms with Gasteiger partial charge >= 0.3 is 0 Å². The van der Waals surface area contributed by atoms with Gasteiger partial charge in [-0.1, -0.05) is 29.8 Å². The lowest BCUT2D eigenvalue weighted by atomic mass is 10.00. The number of hydrogen-bond donors (Lipinski definition) is 0. The first-order chi connectivity index (χ1) is 15.1. The number of benzene rings is 2. The molecule has 6 nitrogen and oxygen atoms in total. The van der Waals surface area contributed by atoms with Gasteiger partial charge in [0, 0.05) is 32.5 Å². The van der Waals surface area contributed by atoms with Crippen molar-refractivity contribution >= 4 is 15.9 Å². The van der Waals surface area contributed by atoms with E-state index in [4.69, 9.17) is 4.74 Å². The predicted octanol–water partition coefficient (Wildman–Crippen LogP) is 3.33. The Morgan fingerprint density at radius 3 is 2.22 bits per heavy atom. The summed E-state index contributed by atoms with van der Waals surface area (Å²) < 4.78 is 48.0. The summed E-state index contributed by atoms with van der Waals surface area (Å²) in [7, 11) is -3.75. The Morgan fingerprint density at radius 1 is 1.03 bits per heavy atom. The van der Waals surface area contributed by atoms with Crippen LogP contribution in [0, 0.1) is 26.6 Å². The Hall–Kier alpha value is -2.29. The Labute approximate surface area is 189 Å². The van der Waals surface area contributed by atoms with E-state index in [9.17, 15) is 17.6 Å². The van der Waals surface area contributed by atoms with Crippen molar-refractivity contribution < 1.29 is 22.3 Å². The molecule has 2 aliphatic rings. The largest absolute Gasteiger partial charge is 0.358 e. The van der Waals surface area contributed by atoms with Crippen LogP contribution in [0.2, 0.25) is 0 Å². The zero-order valence-corrected chi connectivity index (χ0v) is 19.5. The van der Waals surface area contributed by atoms with Gasteiger partial charge in [0.25, 0.3) is 0 Å². The monoisotopic (exact) mass is 460 g/mol. The molecule has 1 amide bonds. The van der Waals surface area contributed by atoms with Gasteiger partial charge in [-0.25, -0.2) is 12.8 Å². The van der Waals surface area contributed by atoms with Crippen molar-refractivity contribution in [3.63, 3.8) is 0 Å². The number of rotatable bonds is 4. The molecule has 2 saturated heterocycles. The number of likely N-dealkylation sites (tertiary alicyclic amines) is 1. The van der Waals surface area contributed by atoms with Crippen molar-refractivity contribution in [3.05, 3.63) is 64.5 Å². The van der Waals surface area contributed by atoms with Gasteiger partial charge in [-0.3, -0.25) is 4.79 Å². The van der Waals surface area contributed by atoms with Crippen molar-refractivity contribution in [2.45, 2.75) is 50.7 Å². The van der Waals surface area contributed by atoms with E-state index in [0.29, 0.717) is 44.0 Å².